The van der Waals surface area contributed by atoms with Crippen LogP contribution in [0, 0.1) is 10.1 Å². The summed E-state index contributed by atoms with van der Waals surface area (Å²) in [5.41, 5.74) is 1.53. The molecule has 1 aliphatic rings. The van der Waals surface area contributed by atoms with Crippen molar-refractivity contribution in [3.8, 4) is 0 Å². The Bertz CT molecular complexity index is 788. The van der Waals surface area contributed by atoms with Crippen molar-refractivity contribution >= 4 is 22.5 Å². The summed E-state index contributed by atoms with van der Waals surface area (Å²) in [5, 5.41) is 14.6. The van der Waals surface area contributed by atoms with E-state index in [1.54, 1.807) is 12.3 Å². The lowest BCUT2D eigenvalue weighted by Gasteiger charge is -2.33. The number of hydrogen-bond donors (Lipinski definition) is 2. The largest absolute Gasteiger partial charge is 0.373 e. The summed E-state index contributed by atoms with van der Waals surface area (Å²) >= 11 is 0. The smallest absolute Gasteiger partial charge is 0.270 e. The minimum atomic E-state index is -0.435. The van der Waals surface area contributed by atoms with E-state index in [0.717, 1.165) is 24.2 Å². The average molecular weight is 346 g/mol. The molecule has 25 heavy (non-hydrogen) atoms. The number of morpholine rings is 1. The molecule has 2 N–H and O–H groups in total. The van der Waals surface area contributed by atoms with E-state index in [1.165, 1.54) is 12.1 Å². The van der Waals surface area contributed by atoms with Gasteiger partial charge in [-0.05, 0) is 25.6 Å². The lowest BCUT2D eigenvalue weighted by molar-refractivity contribution is -0.384. The Hall–Kier alpha value is -2.45. The number of carbonyl (C=O) groups excluding carboxylic acids is 1. The van der Waals surface area contributed by atoms with Crippen molar-refractivity contribution in [2.24, 2.45) is 0 Å². The number of carbonyl (C=O) groups is 1. The normalized spacial score (nSPS) is 19.7. The number of nitrogens with zero attached hydrogens (tertiary/aromatic N) is 2. The Balaban J connectivity index is 1.67. The van der Waals surface area contributed by atoms with Gasteiger partial charge >= 0.3 is 0 Å². The Morgan fingerprint density at radius 3 is 3.08 bits per heavy atom. The standard InChI is InChI=1S/C17H22N4O4/c1-11(16-10-20(2)5-6-25-16)19-17(22)7-12-9-18-15-4-3-13(21(23)24)8-14(12)15/h3-4,8-9,11,16,18H,5-7,10H2,1-2H3,(H,19,22)/t11-,16-/m1/s1. The first-order valence-corrected chi connectivity index (χ1v) is 8.28. The molecule has 0 unspecified atom stereocenters. The third-order valence-corrected chi connectivity index (χ3v) is 4.56. The van der Waals surface area contributed by atoms with Gasteiger partial charge in [-0.25, -0.2) is 0 Å². The van der Waals surface area contributed by atoms with Crippen LogP contribution >= 0.6 is 0 Å². The van der Waals surface area contributed by atoms with E-state index >= 15 is 0 Å². The van der Waals surface area contributed by atoms with Crippen molar-refractivity contribution in [1.82, 2.24) is 15.2 Å². The zero-order valence-electron chi connectivity index (χ0n) is 14.3. The van der Waals surface area contributed by atoms with Gasteiger partial charge in [-0.3, -0.25) is 14.9 Å². The second kappa shape index (κ2) is 7.20. The van der Waals surface area contributed by atoms with Gasteiger partial charge in [0.05, 0.1) is 30.1 Å². The number of rotatable bonds is 5. The second-order valence-electron chi connectivity index (χ2n) is 6.51. The number of amides is 1. The summed E-state index contributed by atoms with van der Waals surface area (Å²) in [4.78, 5) is 28.1. The Morgan fingerprint density at radius 1 is 1.56 bits per heavy atom. The summed E-state index contributed by atoms with van der Waals surface area (Å²) in [6, 6.07) is 4.50. The molecule has 8 nitrogen and oxygen atoms in total. The first-order valence-electron chi connectivity index (χ1n) is 8.28. The molecule has 0 spiro atoms. The van der Waals surface area contributed by atoms with Crippen LogP contribution in [0.3, 0.4) is 0 Å². The number of nitro groups is 1. The number of aromatic amines is 1. The van der Waals surface area contributed by atoms with Crippen LogP contribution in [-0.4, -0.2) is 59.6 Å². The van der Waals surface area contributed by atoms with Crippen LogP contribution in [0.15, 0.2) is 24.4 Å². The second-order valence-corrected chi connectivity index (χ2v) is 6.51. The highest BCUT2D eigenvalue weighted by atomic mass is 16.6. The van der Waals surface area contributed by atoms with E-state index in [4.69, 9.17) is 4.74 Å². The zero-order valence-corrected chi connectivity index (χ0v) is 14.3. The quantitative estimate of drug-likeness (QED) is 0.630. The van der Waals surface area contributed by atoms with Gasteiger partial charge in [0.15, 0.2) is 0 Å². The predicted molar refractivity (Wildman–Crippen MR) is 93.5 cm³/mol. The highest BCUT2D eigenvalue weighted by molar-refractivity contribution is 5.90. The monoisotopic (exact) mass is 346 g/mol. The molecule has 0 bridgehead atoms. The topological polar surface area (TPSA) is 100 Å². The highest BCUT2D eigenvalue weighted by Crippen LogP contribution is 2.24. The summed E-state index contributed by atoms with van der Waals surface area (Å²) in [6.45, 7) is 4.27. The van der Waals surface area contributed by atoms with Crippen molar-refractivity contribution in [2.75, 3.05) is 26.7 Å². The number of fused-ring (bicyclic) bond motifs is 1. The van der Waals surface area contributed by atoms with Gasteiger partial charge in [-0.15, -0.1) is 0 Å². The summed E-state index contributed by atoms with van der Waals surface area (Å²) < 4.78 is 5.72. The fourth-order valence-electron chi connectivity index (χ4n) is 3.11. The molecule has 3 rings (SSSR count). The number of H-pyrrole nitrogens is 1. The van der Waals surface area contributed by atoms with E-state index in [9.17, 15) is 14.9 Å². The van der Waals surface area contributed by atoms with Gasteiger partial charge in [0.1, 0.15) is 0 Å². The van der Waals surface area contributed by atoms with Crippen molar-refractivity contribution < 1.29 is 14.5 Å². The van der Waals surface area contributed by atoms with Crippen molar-refractivity contribution in [2.45, 2.75) is 25.5 Å². The molecule has 0 saturated carbocycles. The predicted octanol–water partition coefficient (Wildman–Crippen LogP) is 1.45. The summed E-state index contributed by atoms with van der Waals surface area (Å²) in [5.74, 6) is -0.128. The maximum atomic E-state index is 12.4. The molecule has 1 saturated heterocycles. The van der Waals surface area contributed by atoms with Crippen LogP contribution in [0.2, 0.25) is 0 Å². The minimum Gasteiger partial charge on any atom is -0.373 e. The van der Waals surface area contributed by atoms with Gasteiger partial charge in [-0.1, -0.05) is 0 Å². The lowest BCUT2D eigenvalue weighted by atomic mass is 10.1. The third kappa shape index (κ3) is 3.97. The van der Waals surface area contributed by atoms with Gasteiger partial charge in [0.2, 0.25) is 5.91 Å². The van der Waals surface area contributed by atoms with Crippen LogP contribution in [0.1, 0.15) is 12.5 Å². The first kappa shape index (κ1) is 17.4. The average Bonchev–Trinajstić information content (AvgIpc) is 2.96. The van der Waals surface area contributed by atoms with Crippen molar-refractivity contribution in [3.05, 3.63) is 40.1 Å². The maximum Gasteiger partial charge on any atom is 0.270 e. The minimum absolute atomic E-state index is 0.0146. The van der Waals surface area contributed by atoms with Gasteiger partial charge in [0, 0.05) is 42.3 Å². The highest BCUT2D eigenvalue weighted by Gasteiger charge is 2.25. The van der Waals surface area contributed by atoms with E-state index < -0.39 is 4.92 Å². The number of nitro benzene ring substituents is 1. The molecule has 2 atom stereocenters. The molecule has 1 aromatic heterocycles. The van der Waals surface area contributed by atoms with Crippen LogP contribution in [0.4, 0.5) is 5.69 Å². The fourth-order valence-corrected chi connectivity index (χ4v) is 3.11. The van der Waals surface area contributed by atoms with Gasteiger partial charge < -0.3 is 19.9 Å². The fraction of sp³-hybridized carbons (Fsp3) is 0.471. The first-order chi connectivity index (χ1) is 11.9. The Kier molecular flexibility index (Phi) is 5.00. The molecule has 0 radical (unpaired) electrons. The molecule has 0 aliphatic carbocycles. The molecular formula is C17H22N4O4. The molecule has 2 heterocycles. The number of likely N-dealkylation sites (N-methyl/N-ethyl adjacent to an activating group) is 1. The summed E-state index contributed by atoms with van der Waals surface area (Å²) in [6.07, 6.45) is 1.85. The number of ether oxygens (including phenoxy) is 1. The van der Waals surface area contributed by atoms with Crippen molar-refractivity contribution in [1.29, 1.82) is 0 Å². The van der Waals surface area contributed by atoms with Gasteiger partial charge in [0.25, 0.3) is 5.69 Å². The third-order valence-electron chi connectivity index (χ3n) is 4.56. The van der Waals surface area contributed by atoms with Crippen LogP contribution in [0.25, 0.3) is 10.9 Å². The number of benzene rings is 1. The maximum absolute atomic E-state index is 12.4. The zero-order chi connectivity index (χ0) is 18.0. The van der Waals surface area contributed by atoms with Crippen LogP contribution < -0.4 is 5.32 Å². The molecular weight excluding hydrogens is 324 g/mol. The molecule has 8 heteroatoms. The molecule has 1 amide bonds. The molecule has 1 fully saturated rings. The van der Waals surface area contributed by atoms with E-state index in [-0.39, 0.29) is 30.2 Å². The van der Waals surface area contributed by atoms with E-state index in [1.807, 2.05) is 14.0 Å². The molecule has 2 aromatic rings. The van der Waals surface area contributed by atoms with Crippen LogP contribution in [-0.2, 0) is 16.0 Å². The number of hydrogen-bond acceptors (Lipinski definition) is 5. The van der Waals surface area contributed by atoms with E-state index in [0.29, 0.717) is 12.0 Å². The van der Waals surface area contributed by atoms with Crippen LogP contribution in [0.5, 0.6) is 0 Å². The van der Waals surface area contributed by atoms with Gasteiger partial charge in [-0.2, -0.15) is 0 Å². The Labute approximate surface area is 145 Å². The number of nitrogens with one attached hydrogen (secondary N) is 2. The van der Waals surface area contributed by atoms with E-state index in [2.05, 4.69) is 15.2 Å². The molecule has 134 valence electrons. The molecule has 1 aliphatic heterocycles. The van der Waals surface area contributed by atoms with Crippen molar-refractivity contribution in [3.63, 3.8) is 0 Å². The molecule has 1 aromatic carbocycles. The Morgan fingerprint density at radius 2 is 2.36 bits per heavy atom. The number of non-ortho nitro benzene ring substituents is 1. The summed E-state index contributed by atoms with van der Waals surface area (Å²) in [7, 11) is 2.03. The lowest BCUT2D eigenvalue weighted by Crippen LogP contribution is -2.51. The SMILES string of the molecule is C[C@@H](NC(=O)Cc1c[nH]c2ccc([N+](=O)[O-])cc12)[C@H]1CN(C)CCO1. The number of aromatic nitrogens is 1.